The van der Waals surface area contributed by atoms with Crippen LogP contribution in [0, 0.1) is 0 Å². The van der Waals surface area contributed by atoms with Crippen molar-refractivity contribution in [3.63, 3.8) is 0 Å². The molecule has 2 N–H and O–H groups in total. The second-order valence-corrected chi connectivity index (χ2v) is 7.85. The van der Waals surface area contributed by atoms with E-state index in [1.807, 2.05) is 31.3 Å². The van der Waals surface area contributed by atoms with Gasteiger partial charge in [0, 0.05) is 65.1 Å². The van der Waals surface area contributed by atoms with Gasteiger partial charge < -0.3 is 20.4 Å². The number of carbonyl (C=O) groups excluding carboxylic acids is 1. The minimum atomic E-state index is -0.122. The Hall–Kier alpha value is -2.57. The lowest BCUT2D eigenvalue weighted by Crippen LogP contribution is -2.45. The molecule has 162 valence electrons. The molecule has 6 nitrogen and oxygen atoms in total. The Labute approximate surface area is 180 Å². The zero-order chi connectivity index (χ0) is 21.2. The quantitative estimate of drug-likeness (QED) is 0.669. The molecule has 1 heterocycles. The number of anilines is 1. The van der Waals surface area contributed by atoms with Crippen molar-refractivity contribution >= 4 is 11.7 Å². The smallest absolute Gasteiger partial charge is 0.315 e. The van der Waals surface area contributed by atoms with E-state index >= 15 is 0 Å². The zero-order valence-electron chi connectivity index (χ0n) is 18.3. The summed E-state index contributed by atoms with van der Waals surface area (Å²) < 4.78 is 0. The van der Waals surface area contributed by atoms with Gasteiger partial charge in [0.1, 0.15) is 0 Å². The van der Waals surface area contributed by atoms with Gasteiger partial charge >= 0.3 is 6.03 Å². The minimum absolute atomic E-state index is 0.122. The maximum Gasteiger partial charge on any atom is 0.315 e. The van der Waals surface area contributed by atoms with E-state index in [1.165, 1.54) is 11.1 Å². The van der Waals surface area contributed by atoms with E-state index in [0.29, 0.717) is 13.1 Å². The third-order valence-electron chi connectivity index (χ3n) is 5.79. The fraction of sp³-hybridized carbons (Fsp3) is 0.458. The Morgan fingerprint density at radius 1 is 0.900 bits per heavy atom. The molecule has 30 heavy (non-hydrogen) atoms. The van der Waals surface area contributed by atoms with Crippen LogP contribution < -0.4 is 15.5 Å². The summed E-state index contributed by atoms with van der Waals surface area (Å²) in [6.07, 6.45) is 0. The number of amides is 2. The molecule has 1 aliphatic rings. The molecule has 1 saturated heterocycles. The lowest BCUT2D eigenvalue weighted by Gasteiger charge is -2.34. The van der Waals surface area contributed by atoms with Gasteiger partial charge in [0.05, 0.1) is 0 Å². The van der Waals surface area contributed by atoms with Crippen molar-refractivity contribution in [2.45, 2.75) is 20.0 Å². The SMILES string of the molecule is CCN1CCN(Cc2ccccc2CNC(=O)NCCN(C)c2ccccc2)CC1. The van der Waals surface area contributed by atoms with Gasteiger partial charge in [-0.2, -0.15) is 0 Å². The van der Waals surface area contributed by atoms with Crippen molar-refractivity contribution in [2.75, 3.05) is 57.8 Å². The molecule has 1 aliphatic heterocycles. The minimum Gasteiger partial charge on any atom is -0.373 e. The van der Waals surface area contributed by atoms with Crippen LogP contribution in [-0.2, 0) is 13.1 Å². The highest BCUT2D eigenvalue weighted by Gasteiger charge is 2.16. The molecule has 0 spiro atoms. The summed E-state index contributed by atoms with van der Waals surface area (Å²) in [5.74, 6) is 0. The molecule has 0 aromatic heterocycles. The van der Waals surface area contributed by atoms with E-state index < -0.39 is 0 Å². The topological polar surface area (TPSA) is 50.9 Å². The van der Waals surface area contributed by atoms with Crippen LogP contribution in [0.4, 0.5) is 10.5 Å². The lowest BCUT2D eigenvalue weighted by atomic mass is 10.1. The summed E-state index contributed by atoms with van der Waals surface area (Å²) in [7, 11) is 2.03. The number of rotatable bonds is 9. The predicted molar refractivity (Wildman–Crippen MR) is 124 cm³/mol. The Morgan fingerprint density at radius 2 is 1.53 bits per heavy atom. The van der Waals surface area contributed by atoms with Crippen molar-refractivity contribution in [3.8, 4) is 0 Å². The van der Waals surface area contributed by atoms with Crippen LogP contribution in [-0.4, -0.2) is 68.7 Å². The average Bonchev–Trinajstić information content (AvgIpc) is 2.79. The summed E-state index contributed by atoms with van der Waals surface area (Å²) in [5.41, 5.74) is 3.63. The number of likely N-dealkylation sites (N-methyl/N-ethyl adjacent to an activating group) is 2. The van der Waals surface area contributed by atoms with Crippen LogP contribution in [0.1, 0.15) is 18.1 Å². The van der Waals surface area contributed by atoms with Gasteiger partial charge in [0.2, 0.25) is 0 Å². The van der Waals surface area contributed by atoms with Crippen molar-refractivity contribution < 1.29 is 4.79 Å². The Kier molecular flexibility index (Phi) is 8.53. The molecule has 0 unspecified atom stereocenters. The van der Waals surface area contributed by atoms with E-state index in [-0.39, 0.29) is 6.03 Å². The first-order valence-electron chi connectivity index (χ1n) is 10.9. The molecule has 0 radical (unpaired) electrons. The molecule has 0 bridgehead atoms. The van der Waals surface area contributed by atoms with Crippen LogP contribution in [0.25, 0.3) is 0 Å². The van der Waals surface area contributed by atoms with Crippen LogP contribution in [0.15, 0.2) is 54.6 Å². The highest BCUT2D eigenvalue weighted by Crippen LogP contribution is 2.14. The standard InChI is InChI=1S/C24H35N5O/c1-3-28-15-17-29(18-16-28)20-22-10-8-7-9-21(22)19-26-24(30)25-13-14-27(2)23-11-5-4-6-12-23/h4-12H,3,13-20H2,1-2H3,(H2,25,26,30). The molecular weight excluding hydrogens is 374 g/mol. The van der Waals surface area contributed by atoms with E-state index in [2.05, 4.69) is 62.6 Å². The van der Waals surface area contributed by atoms with Crippen LogP contribution >= 0.6 is 0 Å². The Bertz CT molecular complexity index is 774. The summed E-state index contributed by atoms with van der Waals surface area (Å²) in [6.45, 7) is 10.7. The van der Waals surface area contributed by atoms with E-state index in [0.717, 1.165) is 51.5 Å². The number of para-hydroxylation sites is 1. The fourth-order valence-electron chi connectivity index (χ4n) is 3.78. The van der Waals surface area contributed by atoms with Crippen LogP contribution in [0.3, 0.4) is 0 Å². The van der Waals surface area contributed by atoms with E-state index in [1.54, 1.807) is 0 Å². The summed E-state index contributed by atoms with van der Waals surface area (Å²) in [6, 6.07) is 18.5. The van der Waals surface area contributed by atoms with E-state index in [4.69, 9.17) is 0 Å². The van der Waals surface area contributed by atoms with Gasteiger partial charge in [-0.1, -0.05) is 49.4 Å². The molecule has 3 rings (SSSR count). The number of hydrogen-bond donors (Lipinski definition) is 2. The van der Waals surface area contributed by atoms with Gasteiger partial charge in [-0.05, 0) is 29.8 Å². The first-order valence-corrected chi connectivity index (χ1v) is 10.9. The number of piperazine rings is 1. The lowest BCUT2D eigenvalue weighted by molar-refractivity contribution is 0.131. The fourth-order valence-corrected chi connectivity index (χ4v) is 3.78. The number of hydrogen-bond acceptors (Lipinski definition) is 4. The van der Waals surface area contributed by atoms with Crippen molar-refractivity contribution in [2.24, 2.45) is 0 Å². The predicted octanol–water partition coefficient (Wildman–Crippen LogP) is 2.76. The third kappa shape index (κ3) is 6.75. The van der Waals surface area contributed by atoms with Crippen LogP contribution in [0.2, 0.25) is 0 Å². The number of carbonyl (C=O) groups is 1. The zero-order valence-corrected chi connectivity index (χ0v) is 18.3. The largest absolute Gasteiger partial charge is 0.373 e. The average molecular weight is 410 g/mol. The van der Waals surface area contributed by atoms with E-state index in [9.17, 15) is 4.79 Å². The molecule has 0 aliphatic carbocycles. The van der Waals surface area contributed by atoms with Crippen LogP contribution in [0.5, 0.6) is 0 Å². The summed E-state index contributed by atoms with van der Waals surface area (Å²) in [5, 5.41) is 5.97. The van der Waals surface area contributed by atoms with Crippen molar-refractivity contribution in [1.82, 2.24) is 20.4 Å². The Morgan fingerprint density at radius 3 is 2.23 bits per heavy atom. The summed E-state index contributed by atoms with van der Waals surface area (Å²) >= 11 is 0. The van der Waals surface area contributed by atoms with Gasteiger partial charge in [-0.15, -0.1) is 0 Å². The molecule has 2 aromatic rings. The maximum atomic E-state index is 12.2. The summed E-state index contributed by atoms with van der Waals surface area (Å²) in [4.78, 5) is 19.4. The van der Waals surface area contributed by atoms with Gasteiger partial charge in [-0.25, -0.2) is 4.79 Å². The first-order chi connectivity index (χ1) is 14.7. The third-order valence-corrected chi connectivity index (χ3v) is 5.79. The molecule has 6 heteroatoms. The molecule has 0 saturated carbocycles. The van der Waals surface area contributed by atoms with Crippen molar-refractivity contribution in [1.29, 1.82) is 0 Å². The molecular formula is C24H35N5O. The van der Waals surface area contributed by atoms with Gasteiger partial charge in [-0.3, -0.25) is 4.90 Å². The number of nitrogens with zero attached hydrogens (tertiary/aromatic N) is 3. The molecule has 1 fully saturated rings. The second-order valence-electron chi connectivity index (χ2n) is 7.85. The van der Waals surface area contributed by atoms with Gasteiger partial charge in [0.15, 0.2) is 0 Å². The normalized spacial score (nSPS) is 15.0. The molecule has 0 atom stereocenters. The molecule has 2 aromatic carbocycles. The Balaban J connectivity index is 1.41. The highest BCUT2D eigenvalue weighted by molar-refractivity contribution is 5.73. The first kappa shape index (κ1) is 22.1. The molecule has 2 amide bonds. The number of urea groups is 1. The van der Waals surface area contributed by atoms with Gasteiger partial charge in [0.25, 0.3) is 0 Å². The highest BCUT2D eigenvalue weighted by atomic mass is 16.2. The number of nitrogens with one attached hydrogen (secondary N) is 2. The monoisotopic (exact) mass is 409 g/mol. The van der Waals surface area contributed by atoms with Crippen molar-refractivity contribution in [3.05, 3.63) is 65.7 Å². The number of benzene rings is 2. The second kappa shape index (κ2) is 11.6. The maximum absolute atomic E-state index is 12.2.